The van der Waals surface area contributed by atoms with Crippen LogP contribution in [0.25, 0.3) is 0 Å². The molecule has 0 radical (unpaired) electrons. The molecular formula is C29H35N3O8. The number of carbonyl (C=O) groups is 6. The molecule has 0 fully saturated rings. The highest BCUT2D eigenvalue weighted by atomic mass is 16.5. The topological polar surface area (TPSA) is 168 Å². The molecular weight excluding hydrogens is 518 g/mol. The average molecular weight is 554 g/mol. The molecule has 214 valence electrons. The molecule has 0 saturated carbocycles. The minimum absolute atomic E-state index is 0.171. The Balaban J connectivity index is 1.93. The molecule has 0 saturated heterocycles. The molecule has 3 atom stereocenters. The number of carbonyl (C=O) groups excluding carboxylic acids is 5. The van der Waals surface area contributed by atoms with Crippen molar-refractivity contribution < 1.29 is 38.6 Å². The summed E-state index contributed by atoms with van der Waals surface area (Å²) in [6.07, 6.45) is -0.0812. The molecule has 11 nitrogen and oxygen atoms in total. The van der Waals surface area contributed by atoms with E-state index in [0.717, 1.165) is 5.56 Å². The number of esters is 1. The van der Waals surface area contributed by atoms with Gasteiger partial charge in [-0.2, -0.15) is 0 Å². The van der Waals surface area contributed by atoms with Gasteiger partial charge in [0, 0.05) is 6.42 Å². The lowest BCUT2D eigenvalue weighted by atomic mass is 10.0. The lowest BCUT2D eigenvalue weighted by molar-refractivity contribution is -0.141. The number of hydrogen-bond donors (Lipinski definition) is 4. The summed E-state index contributed by atoms with van der Waals surface area (Å²) in [5, 5.41) is 16.7. The molecule has 0 aliphatic heterocycles. The van der Waals surface area contributed by atoms with E-state index in [2.05, 4.69) is 16.0 Å². The Morgan fingerprint density at radius 3 is 1.98 bits per heavy atom. The second-order valence-electron chi connectivity index (χ2n) is 9.57. The second kappa shape index (κ2) is 15.8. The Morgan fingerprint density at radius 1 is 0.800 bits per heavy atom. The van der Waals surface area contributed by atoms with Crippen LogP contribution in [0.2, 0.25) is 0 Å². The van der Waals surface area contributed by atoms with E-state index >= 15 is 0 Å². The minimum atomic E-state index is -1.49. The van der Waals surface area contributed by atoms with Gasteiger partial charge in [0.15, 0.2) is 12.4 Å². The van der Waals surface area contributed by atoms with Crippen LogP contribution in [0.15, 0.2) is 60.7 Å². The van der Waals surface area contributed by atoms with Gasteiger partial charge in [0.25, 0.3) is 0 Å². The van der Waals surface area contributed by atoms with Gasteiger partial charge in [-0.25, -0.2) is 4.79 Å². The molecule has 40 heavy (non-hydrogen) atoms. The summed E-state index contributed by atoms with van der Waals surface area (Å²) in [5.74, 6) is -5.01. The van der Waals surface area contributed by atoms with E-state index in [-0.39, 0.29) is 23.8 Å². The maximum absolute atomic E-state index is 12.9. The molecule has 0 heterocycles. The van der Waals surface area contributed by atoms with E-state index in [9.17, 15) is 33.9 Å². The van der Waals surface area contributed by atoms with Gasteiger partial charge in [-0.05, 0) is 37.0 Å². The SMILES string of the molecule is CC(C)[C@H](NC(=O)CCc1ccccc1)C(=O)N[C@@H](C)C(=O)N[C@@H](CC(=O)O)C(=O)COC(=O)c1ccccc1. The number of rotatable bonds is 15. The molecule has 11 heteroatoms. The monoisotopic (exact) mass is 553 g/mol. The van der Waals surface area contributed by atoms with Crippen LogP contribution < -0.4 is 16.0 Å². The van der Waals surface area contributed by atoms with E-state index in [0.29, 0.717) is 6.42 Å². The van der Waals surface area contributed by atoms with Crippen LogP contribution in [0.4, 0.5) is 0 Å². The second-order valence-corrected chi connectivity index (χ2v) is 9.57. The van der Waals surface area contributed by atoms with Gasteiger partial charge >= 0.3 is 11.9 Å². The van der Waals surface area contributed by atoms with Gasteiger partial charge in [-0.3, -0.25) is 24.0 Å². The number of ether oxygens (including phenoxy) is 1. The number of benzene rings is 2. The number of hydrogen-bond acceptors (Lipinski definition) is 7. The third-order valence-electron chi connectivity index (χ3n) is 5.94. The Hall–Kier alpha value is -4.54. The predicted molar refractivity (Wildman–Crippen MR) is 145 cm³/mol. The summed E-state index contributed by atoms with van der Waals surface area (Å²) in [6, 6.07) is 13.7. The highest BCUT2D eigenvalue weighted by molar-refractivity contribution is 5.97. The lowest BCUT2D eigenvalue weighted by Gasteiger charge is -2.25. The molecule has 0 spiro atoms. The van der Waals surface area contributed by atoms with Crippen molar-refractivity contribution in [1.29, 1.82) is 0 Å². The first kappa shape index (κ1) is 31.7. The van der Waals surface area contributed by atoms with E-state index < -0.39 is 60.7 Å². The van der Waals surface area contributed by atoms with Gasteiger partial charge in [0.1, 0.15) is 18.1 Å². The fraction of sp³-hybridized carbons (Fsp3) is 0.379. The summed E-state index contributed by atoms with van der Waals surface area (Å²) < 4.78 is 4.96. The van der Waals surface area contributed by atoms with E-state index in [4.69, 9.17) is 4.74 Å². The zero-order chi connectivity index (χ0) is 29.7. The summed E-state index contributed by atoms with van der Waals surface area (Å²) in [4.78, 5) is 74.1. The average Bonchev–Trinajstić information content (AvgIpc) is 2.93. The number of aryl methyl sites for hydroxylation is 1. The highest BCUT2D eigenvalue weighted by Crippen LogP contribution is 2.07. The molecule has 0 unspecified atom stereocenters. The highest BCUT2D eigenvalue weighted by Gasteiger charge is 2.30. The molecule has 0 aliphatic carbocycles. The van der Waals surface area contributed by atoms with Crippen LogP contribution in [0, 0.1) is 5.92 Å². The van der Waals surface area contributed by atoms with Crippen LogP contribution in [0.1, 0.15) is 49.5 Å². The maximum Gasteiger partial charge on any atom is 0.338 e. The standard InChI is InChI=1S/C29H35N3O8/c1-18(2)26(32-24(34)15-14-20-10-6-4-7-11-20)28(38)30-19(3)27(37)31-22(16-25(35)36)23(33)17-40-29(39)21-12-8-5-9-13-21/h4-13,18-19,22,26H,14-17H2,1-3H3,(H,30,38)(H,31,37)(H,32,34)(H,35,36)/t19-,22-,26-/m0/s1. The van der Waals surface area contributed by atoms with Crippen LogP contribution in [-0.2, 0) is 35.1 Å². The molecule has 2 aromatic rings. The van der Waals surface area contributed by atoms with Gasteiger partial charge < -0.3 is 25.8 Å². The van der Waals surface area contributed by atoms with Crippen molar-refractivity contribution in [2.24, 2.45) is 5.92 Å². The largest absolute Gasteiger partial charge is 0.481 e. The quantitative estimate of drug-likeness (QED) is 0.242. The maximum atomic E-state index is 12.9. The van der Waals surface area contributed by atoms with Gasteiger partial charge in [0.05, 0.1) is 12.0 Å². The fourth-order valence-corrected chi connectivity index (χ4v) is 3.66. The Bertz CT molecular complexity index is 1180. The summed E-state index contributed by atoms with van der Waals surface area (Å²) in [7, 11) is 0. The molecule has 4 N–H and O–H groups in total. The van der Waals surface area contributed by atoms with Crippen LogP contribution >= 0.6 is 0 Å². The molecule has 3 amide bonds. The van der Waals surface area contributed by atoms with Gasteiger partial charge in [-0.1, -0.05) is 62.4 Å². The summed E-state index contributed by atoms with van der Waals surface area (Å²) in [5.41, 5.74) is 1.19. The minimum Gasteiger partial charge on any atom is -0.481 e. The third-order valence-corrected chi connectivity index (χ3v) is 5.94. The van der Waals surface area contributed by atoms with Crippen molar-refractivity contribution in [2.45, 2.75) is 58.2 Å². The number of aliphatic carboxylic acids is 1. The first-order valence-electron chi connectivity index (χ1n) is 12.9. The van der Waals surface area contributed by atoms with Crippen molar-refractivity contribution in [3.05, 3.63) is 71.8 Å². The molecule has 2 aromatic carbocycles. The lowest BCUT2D eigenvalue weighted by Crippen LogP contribution is -2.56. The first-order valence-corrected chi connectivity index (χ1v) is 12.9. The van der Waals surface area contributed by atoms with Crippen LogP contribution in [-0.4, -0.2) is 65.3 Å². The predicted octanol–water partition coefficient (Wildman–Crippen LogP) is 1.65. The van der Waals surface area contributed by atoms with Crippen molar-refractivity contribution in [3.63, 3.8) is 0 Å². The van der Waals surface area contributed by atoms with Gasteiger partial charge in [-0.15, -0.1) is 0 Å². The number of ketones is 1. The zero-order valence-corrected chi connectivity index (χ0v) is 22.7. The van der Waals surface area contributed by atoms with E-state index in [1.165, 1.54) is 19.1 Å². The van der Waals surface area contributed by atoms with Crippen LogP contribution in [0.3, 0.4) is 0 Å². The molecule has 0 aromatic heterocycles. The van der Waals surface area contributed by atoms with Crippen molar-refractivity contribution in [3.8, 4) is 0 Å². The normalized spacial score (nSPS) is 12.9. The Labute approximate surface area is 232 Å². The first-order chi connectivity index (χ1) is 19.0. The molecule has 2 rings (SSSR count). The van der Waals surface area contributed by atoms with Crippen molar-refractivity contribution in [2.75, 3.05) is 6.61 Å². The summed E-state index contributed by atoms with van der Waals surface area (Å²) >= 11 is 0. The number of nitrogens with one attached hydrogen (secondary N) is 3. The summed E-state index contributed by atoms with van der Waals surface area (Å²) in [6.45, 7) is 4.09. The molecule has 0 bridgehead atoms. The smallest absolute Gasteiger partial charge is 0.338 e. The van der Waals surface area contributed by atoms with Crippen molar-refractivity contribution >= 4 is 35.4 Å². The fourth-order valence-electron chi connectivity index (χ4n) is 3.66. The third kappa shape index (κ3) is 10.7. The number of carboxylic acids is 1. The van der Waals surface area contributed by atoms with Gasteiger partial charge in [0.2, 0.25) is 17.7 Å². The Kier molecular flexibility index (Phi) is 12.5. The number of Topliss-reactive ketones (excluding diaryl/α,β-unsaturated/α-hetero) is 1. The van der Waals surface area contributed by atoms with Crippen LogP contribution in [0.5, 0.6) is 0 Å². The zero-order valence-electron chi connectivity index (χ0n) is 22.7. The van der Waals surface area contributed by atoms with Crippen molar-refractivity contribution in [1.82, 2.24) is 16.0 Å². The van der Waals surface area contributed by atoms with E-state index in [1.54, 1.807) is 32.0 Å². The number of amides is 3. The number of carboxylic acid groups (broad SMARTS) is 1. The van der Waals surface area contributed by atoms with E-state index in [1.807, 2.05) is 30.3 Å². The Morgan fingerprint density at radius 2 is 1.40 bits per heavy atom. The molecule has 0 aliphatic rings.